The third-order valence-corrected chi connectivity index (χ3v) is 8.14. The fraction of sp³-hybridized carbons (Fsp3) is 0.323. The standard InChI is InChI=1S/C31H29NO3/c1-2-21-14-16-22(17-15-21)31(34)18-23-8-7-9-24(19-31)32(23)30(33)35-20-29-27-12-5-3-10-25(27)26-11-4-6-13-28(26)29/h1,3-6,10-17,23-24,29,34H,7-9,18-20H2. The third kappa shape index (κ3) is 3.72. The molecule has 3 aromatic rings. The number of hydrogen-bond acceptors (Lipinski definition) is 3. The lowest BCUT2D eigenvalue weighted by Crippen LogP contribution is -2.59. The van der Waals surface area contributed by atoms with Crippen molar-refractivity contribution in [3.8, 4) is 23.5 Å². The van der Waals surface area contributed by atoms with Gasteiger partial charge in [-0.05, 0) is 59.2 Å². The number of carbonyl (C=O) groups is 1. The van der Waals surface area contributed by atoms with E-state index in [0.717, 1.165) is 30.4 Å². The molecule has 0 spiro atoms. The van der Waals surface area contributed by atoms with Crippen molar-refractivity contribution < 1.29 is 14.6 Å². The Morgan fingerprint density at radius 1 is 0.943 bits per heavy atom. The molecule has 2 unspecified atom stereocenters. The molecular weight excluding hydrogens is 434 g/mol. The first-order valence-corrected chi connectivity index (χ1v) is 12.5. The van der Waals surface area contributed by atoms with Crippen molar-refractivity contribution in [1.82, 2.24) is 4.90 Å². The molecule has 176 valence electrons. The Hall–Kier alpha value is -3.55. The van der Waals surface area contributed by atoms with Crippen molar-refractivity contribution in [2.45, 2.75) is 55.7 Å². The lowest BCUT2D eigenvalue weighted by molar-refractivity contribution is -0.0891. The average molecular weight is 464 g/mol. The fourth-order valence-corrected chi connectivity index (χ4v) is 6.51. The van der Waals surface area contributed by atoms with Crippen LogP contribution in [0.3, 0.4) is 0 Å². The number of aliphatic hydroxyl groups is 1. The van der Waals surface area contributed by atoms with Crippen LogP contribution in [0.15, 0.2) is 72.8 Å². The van der Waals surface area contributed by atoms with Crippen molar-refractivity contribution in [3.05, 3.63) is 95.1 Å². The largest absolute Gasteiger partial charge is 0.448 e. The second-order valence-corrected chi connectivity index (χ2v) is 10.1. The van der Waals surface area contributed by atoms with Crippen molar-refractivity contribution in [3.63, 3.8) is 0 Å². The molecule has 2 aliphatic heterocycles. The molecule has 0 radical (unpaired) electrons. The molecule has 2 fully saturated rings. The van der Waals surface area contributed by atoms with Gasteiger partial charge in [0, 0.05) is 36.4 Å². The van der Waals surface area contributed by atoms with E-state index in [1.165, 1.54) is 22.3 Å². The van der Waals surface area contributed by atoms with Crippen LogP contribution in [0.2, 0.25) is 0 Å². The minimum Gasteiger partial charge on any atom is -0.448 e. The van der Waals surface area contributed by atoms with Gasteiger partial charge in [0.05, 0.1) is 5.60 Å². The van der Waals surface area contributed by atoms with Crippen molar-refractivity contribution >= 4 is 6.09 Å². The SMILES string of the molecule is C#Cc1ccc(C2(O)CC3CCCC(C2)N3C(=O)OCC2c3ccccc3-c3ccccc32)cc1. The number of amides is 1. The predicted octanol–water partition coefficient (Wildman–Crippen LogP) is 5.82. The van der Waals surface area contributed by atoms with Gasteiger partial charge < -0.3 is 14.7 Å². The Morgan fingerprint density at radius 2 is 1.51 bits per heavy atom. The van der Waals surface area contributed by atoms with Crippen LogP contribution in [-0.4, -0.2) is 34.8 Å². The molecule has 4 nitrogen and oxygen atoms in total. The lowest BCUT2D eigenvalue weighted by Gasteiger charge is -2.51. The topological polar surface area (TPSA) is 49.8 Å². The zero-order valence-corrected chi connectivity index (χ0v) is 19.7. The molecular formula is C31H29NO3. The maximum atomic E-state index is 13.4. The summed E-state index contributed by atoms with van der Waals surface area (Å²) in [6.07, 6.45) is 9.09. The van der Waals surface area contributed by atoms with Crippen LogP contribution in [0.25, 0.3) is 11.1 Å². The monoisotopic (exact) mass is 463 g/mol. The summed E-state index contributed by atoms with van der Waals surface area (Å²) >= 11 is 0. The van der Waals surface area contributed by atoms with Crippen LogP contribution in [0, 0.1) is 12.3 Å². The van der Waals surface area contributed by atoms with Crippen LogP contribution in [-0.2, 0) is 10.3 Å². The maximum Gasteiger partial charge on any atom is 0.410 e. The van der Waals surface area contributed by atoms with Gasteiger partial charge in [0.1, 0.15) is 6.61 Å². The van der Waals surface area contributed by atoms with Crippen LogP contribution >= 0.6 is 0 Å². The third-order valence-electron chi connectivity index (χ3n) is 8.14. The fourth-order valence-electron chi connectivity index (χ4n) is 6.51. The first kappa shape index (κ1) is 21.9. The number of rotatable bonds is 3. The number of carbonyl (C=O) groups excluding carboxylic acids is 1. The van der Waals surface area contributed by atoms with Gasteiger partial charge >= 0.3 is 6.09 Å². The van der Waals surface area contributed by atoms with Gasteiger partial charge in [-0.2, -0.15) is 0 Å². The summed E-state index contributed by atoms with van der Waals surface area (Å²) in [4.78, 5) is 15.3. The van der Waals surface area contributed by atoms with E-state index in [-0.39, 0.29) is 24.1 Å². The van der Waals surface area contributed by atoms with Gasteiger partial charge in [-0.1, -0.05) is 66.6 Å². The summed E-state index contributed by atoms with van der Waals surface area (Å²) in [6.45, 7) is 0.320. The summed E-state index contributed by atoms with van der Waals surface area (Å²) < 4.78 is 6.00. The number of nitrogens with zero attached hydrogens (tertiary/aromatic N) is 1. The number of piperidine rings is 2. The summed E-state index contributed by atoms with van der Waals surface area (Å²) in [6, 6.07) is 24.3. The van der Waals surface area contributed by atoms with Crippen molar-refractivity contribution in [2.75, 3.05) is 6.61 Å². The van der Waals surface area contributed by atoms with Crippen LogP contribution < -0.4 is 0 Å². The normalized spacial score (nSPS) is 24.9. The van der Waals surface area contributed by atoms with Crippen LogP contribution in [0.5, 0.6) is 0 Å². The highest BCUT2D eigenvalue weighted by Crippen LogP contribution is 2.46. The number of fused-ring (bicyclic) bond motifs is 5. The van der Waals surface area contributed by atoms with Crippen LogP contribution in [0.1, 0.15) is 60.3 Å². The second kappa shape index (κ2) is 8.59. The highest BCUT2D eigenvalue weighted by molar-refractivity contribution is 5.79. The minimum absolute atomic E-state index is 0.0320. The van der Waals surface area contributed by atoms with Crippen molar-refractivity contribution in [1.29, 1.82) is 0 Å². The summed E-state index contributed by atoms with van der Waals surface area (Å²) in [5, 5.41) is 11.6. The number of hydrogen-bond donors (Lipinski definition) is 1. The maximum absolute atomic E-state index is 13.4. The quantitative estimate of drug-likeness (QED) is 0.498. The summed E-state index contributed by atoms with van der Waals surface area (Å²) in [5.41, 5.74) is 5.59. The van der Waals surface area contributed by atoms with E-state index in [4.69, 9.17) is 11.2 Å². The highest BCUT2D eigenvalue weighted by Gasteiger charge is 2.48. The molecule has 2 atom stereocenters. The van der Waals surface area contributed by atoms with E-state index in [0.29, 0.717) is 19.4 Å². The minimum atomic E-state index is -0.955. The Morgan fingerprint density at radius 3 is 2.09 bits per heavy atom. The zero-order valence-electron chi connectivity index (χ0n) is 19.7. The molecule has 2 saturated heterocycles. The Bertz CT molecular complexity index is 1250. The van der Waals surface area contributed by atoms with Gasteiger partial charge in [-0.15, -0.1) is 6.42 Å². The first-order chi connectivity index (χ1) is 17.1. The molecule has 1 amide bonds. The van der Waals surface area contributed by atoms with E-state index in [2.05, 4.69) is 42.3 Å². The van der Waals surface area contributed by atoms with E-state index < -0.39 is 5.60 Å². The molecule has 1 aliphatic carbocycles. The number of terminal acetylenes is 1. The van der Waals surface area contributed by atoms with Gasteiger partial charge in [0.25, 0.3) is 0 Å². The van der Waals surface area contributed by atoms with Crippen LogP contribution in [0.4, 0.5) is 4.79 Å². The average Bonchev–Trinajstić information content (AvgIpc) is 3.20. The smallest absolute Gasteiger partial charge is 0.410 e. The second-order valence-electron chi connectivity index (χ2n) is 10.1. The molecule has 3 aliphatic rings. The first-order valence-electron chi connectivity index (χ1n) is 12.5. The van der Waals surface area contributed by atoms with Gasteiger partial charge in [-0.3, -0.25) is 0 Å². The summed E-state index contributed by atoms with van der Waals surface area (Å²) in [5.74, 6) is 2.67. The molecule has 35 heavy (non-hydrogen) atoms. The number of ether oxygens (including phenoxy) is 1. The van der Waals surface area contributed by atoms with Gasteiger partial charge in [-0.25, -0.2) is 4.79 Å². The highest BCUT2D eigenvalue weighted by atomic mass is 16.6. The van der Waals surface area contributed by atoms with E-state index in [1.807, 2.05) is 41.3 Å². The zero-order chi connectivity index (χ0) is 24.0. The molecule has 2 bridgehead atoms. The van der Waals surface area contributed by atoms with Gasteiger partial charge in [0.2, 0.25) is 0 Å². The molecule has 0 aromatic heterocycles. The summed E-state index contributed by atoms with van der Waals surface area (Å²) in [7, 11) is 0. The van der Waals surface area contributed by atoms with Crippen molar-refractivity contribution in [2.24, 2.45) is 0 Å². The molecule has 2 heterocycles. The lowest BCUT2D eigenvalue weighted by atomic mass is 9.72. The van der Waals surface area contributed by atoms with E-state index in [1.54, 1.807) is 0 Å². The Kier molecular flexibility index (Phi) is 5.39. The molecule has 0 saturated carbocycles. The van der Waals surface area contributed by atoms with E-state index in [9.17, 15) is 9.90 Å². The van der Waals surface area contributed by atoms with E-state index >= 15 is 0 Å². The molecule has 1 N–H and O–H groups in total. The molecule has 3 aromatic carbocycles. The molecule has 4 heteroatoms. The predicted molar refractivity (Wildman–Crippen MR) is 136 cm³/mol. The Labute approximate surface area is 206 Å². The Balaban J connectivity index is 1.20. The van der Waals surface area contributed by atoms with Gasteiger partial charge in [0.15, 0.2) is 0 Å². The molecule has 6 rings (SSSR count). The number of benzene rings is 3.